The molecule has 0 aromatic heterocycles. The number of anilines is 2. The molecular formula is C15H18ClN3O3. The highest BCUT2D eigenvalue weighted by molar-refractivity contribution is 6.21. The zero-order valence-corrected chi connectivity index (χ0v) is 12.8. The lowest BCUT2D eigenvalue weighted by molar-refractivity contribution is -0.119. The summed E-state index contributed by atoms with van der Waals surface area (Å²) in [7, 11) is 0. The van der Waals surface area contributed by atoms with E-state index in [-0.39, 0.29) is 23.9 Å². The zero-order chi connectivity index (χ0) is 15.7. The highest BCUT2D eigenvalue weighted by Gasteiger charge is 2.47. The van der Waals surface area contributed by atoms with Crippen molar-refractivity contribution in [1.82, 2.24) is 4.90 Å². The van der Waals surface area contributed by atoms with Gasteiger partial charge in [0.2, 0.25) is 0 Å². The first kappa shape index (κ1) is 15.1. The molecule has 2 fully saturated rings. The van der Waals surface area contributed by atoms with Crippen LogP contribution in [0.1, 0.15) is 12.8 Å². The molecule has 7 heteroatoms. The maximum atomic E-state index is 12.4. The van der Waals surface area contributed by atoms with Gasteiger partial charge in [-0.25, -0.2) is 9.69 Å². The molecule has 3 amide bonds. The number of alkyl halides is 1. The fourth-order valence-corrected chi connectivity index (χ4v) is 3.02. The molecular weight excluding hydrogens is 306 g/mol. The molecule has 6 nitrogen and oxygen atoms in total. The fraction of sp³-hybridized carbons (Fsp3) is 0.467. The molecule has 0 spiro atoms. The summed E-state index contributed by atoms with van der Waals surface area (Å²) in [5.41, 5.74) is 1.28. The van der Waals surface area contributed by atoms with Crippen LogP contribution in [0.15, 0.2) is 24.3 Å². The number of nitrogens with zero attached hydrogens (tertiary/aromatic N) is 2. The van der Waals surface area contributed by atoms with Crippen molar-refractivity contribution in [3.05, 3.63) is 24.3 Å². The smallest absolute Gasteiger partial charge is 0.332 e. The van der Waals surface area contributed by atoms with Crippen molar-refractivity contribution >= 4 is 34.9 Å². The average Bonchev–Trinajstić information content (AvgIpc) is 3.10. The summed E-state index contributed by atoms with van der Waals surface area (Å²) in [5, 5.41) is 12.5. The standard InChI is InChI=1S/C15H18ClN3O3/c16-8-12(20)9-17-10-3-1-4-11(7-10)19-14(21)13-5-2-6-18(13)15(19)22/h1,3-4,7,12-13,17,20H,2,5-6,8-9H2. The normalized spacial score (nSPS) is 22.2. The number of carbonyl (C=O) groups excluding carboxylic acids is 2. The van der Waals surface area contributed by atoms with E-state index in [1.54, 1.807) is 23.1 Å². The average molecular weight is 324 g/mol. The van der Waals surface area contributed by atoms with Crippen molar-refractivity contribution in [3.63, 3.8) is 0 Å². The van der Waals surface area contributed by atoms with Crippen LogP contribution < -0.4 is 10.2 Å². The van der Waals surface area contributed by atoms with Gasteiger partial charge >= 0.3 is 6.03 Å². The third-order valence-electron chi connectivity index (χ3n) is 4.02. The SMILES string of the molecule is O=C1C2CCCN2C(=O)N1c1cccc(NCC(O)CCl)c1. The Kier molecular flexibility index (Phi) is 4.22. The van der Waals surface area contributed by atoms with E-state index in [1.165, 1.54) is 4.90 Å². The first-order chi connectivity index (χ1) is 10.6. The van der Waals surface area contributed by atoms with Crippen LogP contribution in [-0.2, 0) is 4.79 Å². The summed E-state index contributed by atoms with van der Waals surface area (Å²) in [6.45, 7) is 0.954. The third-order valence-corrected chi connectivity index (χ3v) is 4.38. The van der Waals surface area contributed by atoms with Crippen LogP contribution in [0.3, 0.4) is 0 Å². The van der Waals surface area contributed by atoms with E-state index in [4.69, 9.17) is 11.6 Å². The summed E-state index contributed by atoms with van der Waals surface area (Å²) in [6, 6.07) is 6.51. The Morgan fingerprint density at radius 3 is 2.95 bits per heavy atom. The second-order valence-corrected chi connectivity index (χ2v) is 5.86. The number of rotatable bonds is 5. The molecule has 2 N–H and O–H groups in total. The Morgan fingerprint density at radius 1 is 1.41 bits per heavy atom. The van der Waals surface area contributed by atoms with Crippen molar-refractivity contribution in [2.24, 2.45) is 0 Å². The first-order valence-corrected chi connectivity index (χ1v) is 7.88. The number of hydrogen-bond donors (Lipinski definition) is 2. The Bertz CT molecular complexity index is 573. The Balaban J connectivity index is 1.77. The van der Waals surface area contributed by atoms with Crippen LogP contribution >= 0.6 is 11.6 Å². The summed E-state index contributed by atoms with van der Waals surface area (Å²) >= 11 is 5.55. The molecule has 0 saturated carbocycles. The molecule has 1 aromatic rings. The second kappa shape index (κ2) is 6.14. The number of aliphatic hydroxyl groups excluding tert-OH is 1. The van der Waals surface area contributed by atoms with Crippen molar-refractivity contribution in [3.8, 4) is 0 Å². The van der Waals surface area contributed by atoms with Gasteiger partial charge in [-0.1, -0.05) is 6.07 Å². The lowest BCUT2D eigenvalue weighted by Gasteiger charge is -2.17. The Morgan fingerprint density at radius 2 is 2.23 bits per heavy atom. The number of aliphatic hydroxyl groups is 1. The lowest BCUT2D eigenvalue weighted by atomic mass is 10.2. The molecule has 1 aromatic carbocycles. The quantitative estimate of drug-likeness (QED) is 0.638. The number of hydrogen-bond acceptors (Lipinski definition) is 4. The van der Waals surface area contributed by atoms with Gasteiger partial charge in [-0.15, -0.1) is 11.6 Å². The van der Waals surface area contributed by atoms with E-state index in [1.807, 2.05) is 6.07 Å². The van der Waals surface area contributed by atoms with E-state index in [0.29, 0.717) is 18.8 Å². The van der Waals surface area contributed by atoms with E-state index < -0.39 is 6.10 Å². The van der Waals surface area contributed by atoms with E-state index in [9.17, 15) is 14.7 Å². The van der Waals surface area contributed by atoms with Gasteiger partial charge in [0.25, 0.3) is 5.91 Å². The highest BCUT2D eigenvalue weighted by Crippen LogP contribution is 2.32. The molecule has 2 saturated heterocycles. The molecule has 3 rings (SSSR count). The van der Waals surface area contributed by atoms with E-state index in [2.05, 4.69) is 5.32 Å². The maximum absolute atomic E-state index is 12.4. The van der Waals surface area contributed by atoms with Crippen molar-refractivity contribution in [1.29, 1.82) is 0 Å². The molecule has 118 valence electrons. The fourth-order valence-electron chi connectivity index (χ4n) is 2.91. The minimum Gasteiger partial charge on any atom is -0.390 e. The molecule has 2 aliphatic heterocycles. The topological polar surface area (TPSA) is 72.9 Å². The van der Waals surface area contributed by atoms with Crippen LogP contribution in [0.4, 0.5) is 16.2 Å². The number of nitrogens with one attached hydrogen (secondary N) is 1. The number of benzene rings is 1. The number of carbonyl (C=O) groups is 2. The van der Waals surface area contributed by atoms with Gasteiger partial charge in [0.1, 0.15) is 6.04 Å². The Labute approximate surface area is 133 Å². The number of imide groups is 1. The van der Waals surface area contributed by atoms with E-state index in [0.717, 1.165) is 18.5 Å². The van der Waals surface area contributed by atoms with Gasteiger partial charge in [-0.2, -0.15) is 0 Å². The third kappa shape index (κ3) is 2.64. The van der Waals surface area contributed by atoms with Crippen LogP contribution in [-0.4, -0.2) is 53.1 Å². The first-order valence-electron chi connectivity index (χ1n) is 7.34. The summed E-state index contributed by atoms with van der Waals surface area (Å²) < 4.78 is 0. The maximum Gasteiger partial charge on any atom is 0.332 e. The number of halogens is 1. The molecule has 2 atom stereocenters. The minimum atomic E-state index is -0.647. The van der Waals surface area contributed by atoms with Crippen LogP contribution in [0.5, 0.6) is 0 Å². The largest absolute Gasteiger partial charge is 0.390 e. The van der Waals surface area contributed by atoms with Crippen molar-refractivity contribution in [2.75, 3.05) is 29.2 Å². The van der Waals surface area contributed by atoms with Crippen LogP contribution in [0, 0.1) is 0 Å². The molecule has 0 radical (unpaired) electrons. The summed E-state index contributed by atoms with van der Waals surface area (Å²) in [4.78, 5) is 27.7. The van der Waals surface area contributed by atoms with E-state index >= 15 is 0 Å². The zero-order valence-electron chi connectivity index (χ0n) is 12.0. The van der Waals surface area contributed by atoms with Crippen LogP contribution in [0.25, 0.3) is 0 Å². The van der Waals surface area contributed by atoms with Gasteiger partial charge in [-0.3, -0.25) is 4.79 Å². The highest BCUT2D eigenvalue weighted by atomic mass is 35.5. The minimum absolute atomic E-state index is 0.145. The monoisotopic (exact) mass is 323 g/mol. The molecule has 22 heavy (non-hydrogen) atoms. The van der Waals surface area contributed by atoms with Crippen molar-refractivity contribution < 1.29 is 14.7 Å². The molecule has 2 unspecified atom stereocenters. The molecule has 2 aliphatic rings. The molecule has 0 aliphatic carbocycles. The lowest BCUT2D eigenvalue weighted by Crippen LogP contribution is -2.33. The summed E-state index contributed by atoms with van der Waals surface area (Å²) in [5.74, 6) is -0.00710. The number of urea groups is 1. The van der Waals surface area contributed by atoms with Gasteiger partial charge < -0.3 is 15.3 Å². The number of fused-ring (bicyclic) bond motifs is 1. The molecule has 0 bridgehead atoms. The molecule has 2 heterocycles. The van der Waals surface area contributed by atoms with Crippen LogP contribution in [0.2, 0.25) is 0 Å². The van der Waals surface area contributed by atoms with Crippen molar-refractivity contribution in [2.45, 2.75) is 25.0 Å². The predicted octanol–water partition coefficient (Wildman–Crippen LogP) is 1.63. The number of amides is 3. The summed E-state index contributed by atoms with van der Waals surface area (Å²) in [6.07, 6.45) is 0.972. The van der Waals surface area contributed by atoms with Gasteiger partial charge in [0.05, 0.1) is 17.7 Å². The van der Waals surface area contributed by atoms with Gasteiger partial charge in [0, 0.05) is 18.8 Å². The van der Waals surface area contributed by atoms with Gasteiger partial charge in [-0.05, 0) is 31.0 Å². The predicted molar refractivity (Wildman–Crippen MR) is 84.3 cm³/mol. The second-order valence-electron chi connectivity index (χ2n) is 5.55. The van der Waals surface area contributed by atoms with Gasteiger partial charge in [0.15, 0.2) is 0 Å². The Hall–Kier alpha value is -1.79.